The monoisotopic (exact) mass is 191 g/mol. The maximum absolute atomic E-state index is 7.17. The van der Waals surface area contributed by atoms with Crippen molar-refractivity contribution in [3.05, 3.63) is 0 Å². The predicted molar refractivity (Wildman–Crippen MR) is 55.1 cm³/mol. The second-order valence-electron chi connectivity index (χ2n) is 3.21. The lowest BCUT2D eigenvalue weighted by Gasteiger charge is -2.07. The van der Waals surface area contributed by atoms with Crippen LogP contribution in [0.3, 0.4) is 0 Å². The van der Waals surface area contributed by atoms with Gasteiger partial charge in [0, 0.05) is 0 Å². The Morgan fingerprint density at radius 3 is 1.77 bits per heavy atom. The fourth-order valence-corrected chi connectivity index (χ4v) is 0.855. The molecular weight excluding hydrogens is 169 g/mol. The van der Waals surface area contributed by atoms with Crippen molar-refractivity contribution < 1.29 is 15.1 Å². The van der Waals surface area contributed by atoms with Crippen LogP contribution < -0.4 is 0 Å². The van der Waals surface area contributed by atoms with Crippen molar-refractivity contribution in [1.29, 1.82) is 0 Å². The summed E-state index contributed by atoms with van der Waals surface area (Å²) in [5, 5.41) is 21.5. The minimum Gasteiger partial charge on any atom is -0.402 e. The molecule has 0 aromatic rings. The summed E-state index contributed by atoms with van der Waals surface area (Å²) in [6.45, 7) is 3.50. The Morgan fingerprint density at radius 2 is 1.46 bits per heavy atom. The highest BCUT2D eigenvalue weighted by atomic mass is 16.5. The molecule has 0 saturated carbocycles. The molecule has 0 saturated heterocycles. The summed E-state index contributed by atoms with van der Waals surface area (Å²) in [5.41, 5.74) is 0. The second-order valence-corrected chi connectivity index (χ2v) is 3.21. The van der Waals surface area contributed by atoms with Gasteiger partial charge in [0.15, 0.2) is 0 Å². The maximum Gasteiger partial charge on any atom is 0.631 e. The molecule has 0 rings (SSSR count). The normalized spacial score (nSPS) is 9.46. The van der Waals surface area contributed by atoms with E-state index in [-0.39, 0.29) is 0 Å². The molecule has 5 heteroatoms. The van der Waals surface area contributed by atoms with Gasteiger partial charge >= 0.3 is 7.32 Å². The van der Waals surface area contributed by atoms with Gasteiger partial charge in [-0.05, 0) is 27.1 Å². The molecule has 0 amide bonds. The first-order valence-corrected chi connectivity index (χ1v) is 4.69. The third-order valence-corrected chi connectivity index (χ3v) is 1.46. The Kier molecular flexibility index (Phi) is 14.1. The van der Waals surface area contributed by atoms with Crippen LogP contribution in [0.2, 0.25) is 0 Å². The standard InChI is InChI=1S/C8H19N.BH3O3/c1-4-5-6-7-8-9(2)3;2-1(3)4/h4-8H2,1-3H3;2-4H. The number of nitrogens with zero attached hydrogens (tertiary/aromatic N) is 1. The van der Waals surface area contributed by atoms with E-state index < -0.39 is 7.32 Å². The van der Waals surface area contributed by atoms with Crippen molar-refractivity contribution in [3.63, 3.8) is 0 Å². The largest absolute Gasteiger partial charge is 0.631 e. The molecule has 0 aromatic carbocycles. The van der Waals surface area contributed by atoms with Gasteiger partial charge in [-0.25, -0.2) is 0 Å². The molecule has 3 N–H and O–H groups in total. The van der Waals surface area contributed by atoms with Crippen molar-refractivity contribution in [2.75, 3.05) is 20.6 Å². The van der Waals surface area contributed by atoms with E-state index in [1.54, 1.807) is 0 Å². The Morgan fingerprint density at radius 1 is 1.00 bits per heavy atom. The molecule has 0 unspecified atom stereocenters. The summed E-state index contributed by atoms with van der Waals surface area (Å²) in [5.74, 6) is 0. The van der Waals surface area contributed by atoms with Gasteiger partial charge in [-0.2, -0.15) is 0 Å². The molecule has 0 heterocycles. The molecule has 0 aromatic heterocycles. The van der Waals surface area contributed by atoms with Crippen LogP contribution in [0.25, 0.3) is 0 Å². The molecular formula is C8H22BNO3. The highest BCUT2D eigenvalue weighted by molar-refractivity contribution is 6.30. The molecule has 0 aliphatic rings. The van der Waals surface area contributed by atoms with Gasteiger partial charge in [-0.1, -0.05) is 26.2 Å². The second kappa shape index (κ2) is 11.9. The Hall–Kier alpha value is -0.0951. The summed E-state index contributed by atoms with van der Waals surface area (Å²) in [4.78, 5) is 2.25. The summed E-state index contributed by atoms with van der Waals surface area (Å²) >= 11 is 0. The Balaban J connectivity index is 0. The van der Waals surface area contributed by atoms with E-state index in [1.807, 2.05) is 0 Å². The summed E-state index contributed by atoms with van der Waals surface area (Å²) < 4.78 is 0. The summed E-state index contributed by atoms with van der Waals surface area (Å²) in [6.07, 6.45) is 5.50. The molecule has 0 aliphatic heterocycles. The first-order chi connectivity index (χ1) is 6.00. The molecule has 0 bridgehead atoms. The molecule has 0 aliphatic carbocycles. The fourth-order valence-electron chi connectivity index (χ4n) is 0.855. The topological polar surface area (TPSA) is 63.9 Å². The number of hydrogen-bond acceptors (Lipinski definition) is 4. The molecule has 0 fully saturated rings. The van der Waals surface area contributed by atoms with Crippen LogP contribution in [0.5, 0.6) is 0 Å². The van der Waals surface area contributed by atoms with Crippen LogP contribution in [0.1, 0.15) is 32.6 Å². The van der Waals surface area contributed by atoms with E-state index in [0.717, 1.165) is 0 Å². The zero-order valence-corrected chi connectivity index (χ0v) is 8.90. The van der Waals surface area contributed by atoms with Crippen molar-refractivity contribution >= 4 is 7.32 Å². The first-order valence-electron chi connectivity index (χ1n) is 4.69. The SMILES string of the molecule is CCCCCCN(C)C.OB(O)O. The van der Waals surface area contributed by atoms with Gasteiger partial charge in [0.05, 0.1) is 0 Å². The molecule has 4 nitrogen and oxygen atoms in total. The van der Waals surface area contributed by atoms with E-state index in [1.165, 1.54) is 32.2 Å². The molecule has 0 spiro atoms. The highest BCUT2D eigenvalue weighted by Crippen LogP contribution is 1.98. The highest BCUT2D eigenvalue weighted by Gasteiger charge is 1.92. The van der Waals surface area contributed by atoms with Crippen molar-refractivity contribution in [3.8, 4) is 0 Å². The van der Waals surface area contributed by atoms with Gasteiger partial charge in [0.1, 0.15) is 0 Å². The average Bonchev–Trinajstić information content (AvgIpc) is 1.97. The minimum absolute atomic E-state index is 1.25. The molecule has 80 valence electrons. The lowest BCUT2D eigenvalue weighted by Crippen LogP contribution is -2.12. The van der Waals surface area contributed by atoms with Gasteiger partial charge < -0.3 is 20.0 Å². The van der Waals surface area contributed by atoms with Gasteiger partial charge in [0.25, 0.3) is 0 Å². The smallest absolute Gasteiger partial charge is 0.402 e. The maximum atomic E-state index is 7.17. The molecule has 0 atom stereocenters. The van der Waals surface area contributed by atoms with Crippen LogP contribution in [0, 0.1) is 0 Å². The molecule has 13 heavy (non-hydrogen) atoms. The van der Waals surface area contributed by atoms with Crippen LogP contribution in [-0.2, 0) is 0 Å². The van der Waals surface area contributed by atoms with Crippen LogP contribution in [0.15, 0.2) is 0 Å². The lowest BCUT2D eigenvalue weighted by molar-refractivity contribution is 0.278. The van der Waals surface area contributed by atoms with Crippen molar-refractivity contribution in [2.24, 2.45) is 0 Å². The van der Waals surface area contributed by atoms with E-state index in [4.69, 9.17) is 15.1 Å². The zero-order valence-electron chi connectivity index (χ0n) is 8.90. The van der Waals surface area contributed by atoms with Crippen LogP contribution in [-0.4, -0.2) is 47.9 Å². The fraction of sp³-hybridized carbons (Fsp3) is 1.00. The van der Waals surface area contributed by atoms with E-state index in [9.17, 15) is 0 Å². The van der Waals surface area contributed by atoms with E-state index in [0.29, 0.717) is 0 Å². The Bertz CT molecular complexity index is 88.7. The third-order valence-electron chi connectivity index (χ3n) is 1.46. The number of unbranched alkanes of at least 4 members (excludes halogenated alkanes) is 3. The van der Waals surface area contributed by atoms with Gasteiger partial charge in [0.2, 0.25) is 0 Å². The number of hydrogen-bond donors (Lipinski definition) is 3. The van der Waals surface area contributed by atoms with E-state index in [2.05, 4.69) is 25.9 Å². The van der Waals surface area contributed by atoms with Crippen LogP contribution >= 0.6 is 0 Å². The van der Waals surface area contributed by atoms with Crippen molar-refractivity contribution in [2.45, 2.75) is 32.6 Å². The third kappa shape index (κ3) is 33.5. The minimum atomic E-state index is -2.17. The summed E-state index contributed by atoms with van der Waals surface area (Å²) in [6, 6.07) is 0. The Labute approximate surface area is 81.4 Å². The van der Waals surface area contributed by atoms with Crippen molar-refractivity contribution in [1.82, 2.24) is 4.90 Å². The zero-order chi connectivity index (χ0) is 10.7. The van der Waals surface area contributed by atoms with Gasteiger partial charge in [-0.15, -0.1) is 0 Å². The van der Waals surface area contributed by atoms with E-state index >= 15 is 0 Å². The van der Waals surface area contributed by atoms with Gasteiger partial charge in [-0.3, -0.25) is 0 Å². The molecule has 0 radical (unpaired) electrons. The predicted octanol–water partition coefficient (Wildman–Crippen LogP) is 0.0765. The average molecular weight is 191 g/mol. The number of rotatable bonds is 5. The lowest BCUT2D eigenvalue weighted by atomic mass is 10.2. The quantitative estimate of drug-likeness (QED) is 0.425. The van der Waals surface area contributed by atoms with Crippen LogP contribution in [0.4, 0.5) is 0 Å². The summed E-state index contributed by atoms with van der Waals surface area (Å²) in [7, 11) is 2.10. The first kappa shape index (κ1) is 15.4.